The molecular weight excluding hydrogens is 252 g/mol. The molecule has 0 saturated heterocycles. The lowest BCUT2D eigenvalue weighted by Gasteiger charge is -2.35. The van der Waals surface area contributed by atoms with E-state index in [1.54, 1.807) is 10.9 Å². The van der Waals surface area contributed by atoms with Crippen molar-refractivity contribution in [2.45, 2.75) is 51.1 Å². The van der Waals surface area contributed by atoms with Gasteiger partial charge < -0.3 is 10.6 Å². The molecule has 1 aliphatic rings. The van der Waals surface area contributed by atoms with Crippen LogP contribution in [-0.2, 0) is 11.8 Å². The fourth-order valence-electron chi connectivity index (χ4n) is 3.08. The van der Waals surface area contributed by atoms with E-state index in [1.807, 2.05) is 25.2 Å². The summed E-state index contributed by atoms with van der Waals surface area (Å²) in [6.45, 7) is 2.25. The van der Waals surface area contributed by atoms with Crippen molar-refractivity contribution in [1.29, 1.82) is 0 Å². The van der Waals surface area contributed by atoms with Gasteiger partial charge in [-0.1, -0.05) is 13.3 Å². The average Bonchev–Trinajstić information content (AvgIpc) is 2.91. The highest BCUT2D eigenvalue weighted by atomic mass is 16.2. The van der Waals surface area contributed by atoms with Crippen molar-refractivity contribution in [2.75, 3.05) is 7.05 Å². The smallest absolute Gasteiger partial charge is 0.244 e. The van der Waals surface area contributed by atoms with Crippen LogP contribution in [0.25, 0.3) is 0 Å². The summed E-state index contributed by atoms with van der Waals surface area (Å²) in [6.07, 6.45) is 9.37. The zero-order valence-electron chi connectivity index (χ0n) is 12.7. The molecule has 1 atom stereocenters. The predicted molar refractivity (Wildman–Crippen MR) is 78.9 cm³/mol. The first-order valence-corrected chi connectivity index (χ1v) is 7.53. The summed E-state index contributed by atoms with van der Waals surface area (Å²) >= 11 is 0. The van der Waals surface area contributed by atoms with Gasteiger partial charge in [-0.3, -0.25) is 9.48 Å². The van der Waals surface area contributed by atoms with Gasteiger partial charge in [-0.2, -0.15) is 5.10 Å². The van der Waals surface area contributed by atoms with Crippen LogP contribution in [0, 0.1) is 5.92 Å². The van der Waals surface area contributed by atoms with Crippen LogP contribution in [-0.4, -0.2) is 33.7 Å². The summed E-state index contributed by atoms with van der Waals surface area (Å²) in [5.41, 5.74) is 6.85. The molecule has 2 N–H and O–H groups in total. The Kier molecular flexibility index (Phi) is 4.81. The number of hydrogen-bond donors (Lipinski definition) is 1. The molecule has 0 spiro atoms. The second-order valence-electron chi connectivity index (χ2n) is 5.96. The van der Waals surface area contributed by atoms with E-state index in [2.05, 4.69) is 12.0 Å². The molecule has 0 bridgehead atoms. The number of carbonyl (C=O) groups is 1. The van der Waals surface area contributed by atoms with Crippen LogP contribution < -0.4 is 5.73 Å². The number of amides is 1. The molecule has 1 aromatic heterocycles. The molecule has 1 fully saturated rings. The molecule has 5 heteroatoms. The Bertz CT molecular complexity index is 448. The number of aromatic nitrogens is 2. The van der Waals surface area contributed by atoms with E-state index in [0.29, 0.717) is 6.04 Å². The van der Waals surface area contributed by atoms with E-state index < -0.39 is 6.04 Å². The van der Waals surface area contributed by atoms with Crippen LogP contribution in [0.1, 0.15) is 50.6 Å². The van der Waals surface area contributed by atoms with Crippen molar-refractivity contribution in [2.24, 2.45) is 18.7 Å². The molecule has 1 aliphatic carbocycles. The third-order valence-corrected chi connectivity index (χ3v) is 4.64. The number of hydrogen-bond acceptors (Lipinski definition) is 3. The van der Waals surface area contributed by atoms with E-state index in [0.717, 1.165) is 24.3 Å². The Morgan fingerprint density at radius 2 is 2.15 bits per heavy atom. The first kappa shape index (κ1) is 15.0. The fraction of sp³-hybridized carbons (Fsp3) is 0.733. The van der Waals surface area contributed by atoms with Gasteiger partial charge in [0, 0.05) is 31.9 Å². The zero-order chi connectivity index (χ0) is 14.7. The van der Waals surface area contributed by atoms with Crippen LogP contribution in [0.4, 0.5) is 0 Å². The summed E-state index contributed by atoms with van der Waals surface area (Å²) in [7, 11) is 3.71. The maximum Gasteiger partial charge on any atom is 0.244 e. The van der Waals surface area contributed by atoms with Gasteiger partial charge in [0.25, 0.3) is 0 Å². The second-order valence-corrected chi connectivity index (χ2v) is 5.96. The van der Waals surface area contributed by atoms with Gasteiger partial charge in [-0.15, -0.1) is 0 Å². The molecule has 0 aliphatic heterocycles. The van der Waals surface area contributed by atoms with E-state index in [1.165, 1.54) is 19.3 Å². The molecule has 20 heavy (non-hydrogen) atoms. The molecular formula is C15H26N4O. The minimum atomic E-state index is -0.599. The van der Waals surface area contributed by atoms with Crippen LogP contribution in [0.5, 0.6) is 0 Å². The molecule has 112 valence electrons. The second kappa shape index (κ2) is 6.39. The number of rotatable bonds is 4. The van der Waals surface area contributed by atoms with Gasteiger partial charge in [0.1, 0.15) is 6.04 Å². The van der Waals surface area contributed by atoms with Gasteiger partial charge in [-0.05, 0) is 31.6 Å². The Hall–Kier alpha value is -1.36. The van der Waals surface area contributed by atoms with Crippen molar-refractivity contribution in [3.8, 4) is 0 Å². The van der Waals surface area contributed by atoms with E-state index >= 15 is 0 Å². The minimum absolute atomic E-state index is 0.00190. The summed E-state index contributed by atoms with van der Waals surface area (Å²) in [5, 5.41) is 4.08. The molecule has 0 aromatic carbocycles. The largest absolute Gasteiger partial charge is 0.341 e. The van der Waals surface area contributed by atoms with E-state index in [9.17, 15) is 4.79 Å². The minimum Gasteiger partial charge on any atom is -0.341 e. The molecule has 1 heterocycles. The number of nitrogens with two attached hydrogens (primary N) is 1. The number of aryl methyl sites for hydroxylation is 1. The van der Waals surface area contributed by atoms with Crippen molar-refractivity contribution < 1.29 is 4.79 Å². The van der Waals surface area contributed by atoms with Crippen LogP contribution in [0.15, 0.2) is 12.4 Å². The van der Waals surface area contributed by atoms with Crippen LogP contribution in [0.2, 0.25) is 0 Å². The van der Waals surface area contributed by atoms with E-state index in [-0.39, 0.29) is 5.91 Å². The van der Waals surface area contributed by atoms with Gasteiger partial charge in [0.05, 0.1) is 6.20 Å². The van der Waals surface area contributed by atoms with Gasteiger partial charge >= 0.3 is 0 Å². The Morgan fingerprint density at radius 1 is 1.50 bits per heavy atom. The van der Waals surface area contributed by atoms with Crippen molar-refractivity contribution in [3.63, 3.8) is 0 Å². The quantitative estimate of drug-likeness (QED) is 0.914. The standard InChI is InChI=1S/C15H26N4O/c1-4-11-5-7-13(8-6-11)19(3)15(20)14(16)12-9-17-18(2)10-12/h9-11,13-14H,4-8,16H2,1-3H3. The summed E-state index contributed by atoms with van der Waals surface area (Å²) in [6, 6.07) is -0.259. The monoisotopic (exact) mass is 278 g/mol. The number of likely N-dealkylation sites (N-methyl/N-ethyl adjacent to an activating group) is 1. The van der Waals surface area contributed by atoms with Gasteiger partial charge in [0.15, 0.2) is 0 Å². The highest BCUT2D eigenvalue weighted by Crippen LogP contribution is 2.29. The van der Waals surface area contributed by atoms with Crippen LogP contribution in [0.3, 0.4) is 0 Å². The van der Waals surface area contributed by atoms with Crippen molar-refractivity contribution in [3.05, 3.63) is 18.0 Å². The first-order valence-electron chi connectivity index (χ1n) is 7.53. The lowest BCUT2D eigenvalue weighted by molar-refractivity contribution is -0.134. The lowest BCUT2D eigenvalue weighted by Crippen LogP contribution is -2.43. The summed E-state index contributed by atoms with van der Waals surface area (Å²) in [4.78, 5) is 14.3. The number of nitrogens with zero attached hydrogens (tertiary/aromatic N) is 3. The zero-order valence-corrected chi connectivity index (χ0v) is 12.7. The van der Waals surface area contributed by atoms with Crippen molar-refractivity contribution in [1.82, 2.24) is 14.7 Å². The maximum atomic E-state index is 12.5. The highest BCUT2D eigenvalue weighted by molar-refractivity contribution is 5.83. The Labute approximate surface area is 121 Å². The molecule has 1 unspecified atom stereocenters. The maximum absolute atomic E-state index is 12.5. The Balaban J connectivity index is 1.95. The highest BCUT2D eigenvalue weighted by Gasteiger charge is 2.29. The lowest BCUT2D eigenvalue weighted by atomic mass is 9.84. The normalized spacial score (nSPS) is 24.4. The van der Waals surface area contributed by atoms with Gasteiger partial charge in [-0.25, -0.2) is 0 Å². The van der Waals surface area contributed by atoms with Gasteiger partial charge in [0.2, 0.25) is 5.91 Å². The molecule has 1 amide bonds. The fourth-order valence-corrected chi connectivity index (χ4v) is 3.08. The third kappa shape index (κ3) is 3.20. The van der Waals surface area contributed by atoms with Crippen LogP contribution >= 0.6 is 0 Å². The number of carbonyl (C=O) groups excluding carboxylic acids is 1. The third-order valence-electron chi connectivity index (χ3n) is 4.64. The molecule has 0 radical (unpaired) electrons. The SMILES string of the molecule is CCC1CCC(N(C)C(=O)C(N)c2cnn(C)c2)CC1. The summed E-state index contributed by atoms with van der Waals surface area (Å²) < 4.78 is 1.68. The van der Waals surface area contributed by atoms with Crippen molar-refractivity contribution >= 4 is 5.91 Å². The van der Waals surface area contributed by atoms with E-state index in [4.69, 9.17) is 5.73 Å². The Morgan fingerprint density at radius 3 is 2.65 bits per heavy atom. The molecule has 5 nitrogen and oxygen atoms in total. The topological polar surface area (TPSA) is 64.2 Å². The molecule has 2 rings (SSSR count). The summed E-state index contributed by atoms with van der Waals surface area (Å²) in [5.74, 6) is 0.833. The molecule has 1 aromatic rings. The average molecular weight is 278 g/mol. The first-order chi connectivity index (χ1) is 9.52. The molecule has 1 saturated carbocycles. The predicted octanol–water partition coefficient (Wildman–Crippen LogP) is 1.85.